The number of hydrogen-bond donors (Lipinski definition) is 0. The summed E-state index contributed by atoms with van der Waals surface area (Å²) in [5, 5.41) is 5.57. The molecule has 1 aliphatic rings. The summed E-state index contributed by atoms with van der Waals surface area (Å²) in [5.41, 5.74) is 6.45. The lowest BCUT2D eigenvalue weighted by molar-refractivity contribution is -0.132. The molecule has 0 saturated carbocycles. The maximum atomic E-state index is 12.8. The first kappa shape index (κ1) is 20.2. The first-order valence-electron chi connectivity index (χ1n) is 11.1. The number of benzene rings is 2. The molecule has 5 rings (SSSR count). The van der Waals surface area contributed by atoms with E-state index in [0.29, 0.717) is 19.6 Å². The third kappa shape index (κ3) is 3.96. The van der Waals surface area contributed by atoms with Gasteiger partial charge in [0.2, 0.25) is 5.91 Å². The lowest BCUT2D eigenvalue weighted by Gasteiger charge is -2.37. The van der Waals surface area contributed by atoms with Crippen molar-refractivity contribution in [3.63, 3.8) is 0 Å². The fraction of sp³-hybridized carbons (Fsp3) is 0.269. The highest BCUT2D eigenvalue weighted by molar-refractivity contribution is 5.87. The fourth-order valence-electron chi connectivity index (χ4n) is 4.47. The molecule has 1 aliphatic heterocycles. The molecule has 0 unspecified atom stereocenters. The predicted molar refractivity (Wildman–Crippen MR) is 128 cm³/mol. The number of anilines is 1. The van der Waals surface area contributed by atoms with Crippen molar-refractivity contribution in [3.8, 4) is 11.1 Å². The van der Waals surface area contributed by atoms with Crippen LogP contribution in [0, 0.1) is 13.8 Å². The van der Waals surface area contributed by atoms with Gasteiger partial charge in [0, 0.05) is 60.3 Å². The summed E-state index contributed by atoms with van der Waals surface area (Å²) in [7, 11) is 0. The lowest BCUT2D eigenvalue weighted by atomic mass is 10.0. The van der Waals surface area contributed by atoms with Gasteiger partial charge in [0.05, 0.1) is 11.2 Å². The molecule has 0 atom stereocenters. The molecule has 0 N–H and O–H groups in total. The monoisotopic (exact) mass is 425 g/mol. The maximum absolute atomic E-state index is 12.8. The zero-order valence-electron chi connectivity index (χ0n) is 18.5. The summed E-state index contributed by atoms with van der Waals surface area (Å²) in [6, 6.07) is 20.9. The van der Waals surface area contributed by atoms with Crippen LogP contribution in [0.3, 0.4) is 0 Å². The minimum absolute atomic E-state index is 0.128. The van der Waals surface area contributed by atoms with Crippen molar-refractivity contribution in [2.24, 2.45) is 0 Å². The Morgan fingerprint density at radius 1 is 0.938 bits per heavy atom. The summed E-state index contributed by atoms with van der Waals surface area (Å²) in [6.45, 7) is 7.28. The maximum Gasteiger partial charge on any atom is 0.244 e. The molecule has 1 fully saturated rings. The normalized spacial score (nSPS) is 14.2. The van der Waals surface area contributed by atoms with Gasteiger partial charge in [0.1, 0.15) is 6.54 Å². The van der Waals surface area contributed by atoms with Crippen LogP contribution in [-0.2, 0) is 11.3 Å². The molecule has 3 heterocycles. The van der Waals surface area contributed by atoms with Crippen molar-refractivity contribution in [3.05, 3.63) is 78.2 Å². The van der Waals surface area contributed by atoms with Crippen molar-refractivity contribution in [2.75, 3.05) is 31.1 Å². The molecule has 32 heavy (non-hydrogen) atoms. The molecular weight excluding hydrogens is 398 g/mol. The Labute approximate surface area is 188 Å². The molecule has 6 nitrogen and oxygen atoms in total. The Hall–Kier alpha value is -3.67. The van der Waals surface area contributed by atoms with E-state index in [0.717, 1.165) is 40.9 Å². The highest BCUT2D eigenvalue weighted by atomic mass is 16.2. The van der Waals surface area contributed by atoms with Gasteiger partial charge in [-0.1, -0.05) is 36.4 Å². The summed E-state index contributed by atoms with van der Waals surface area (Å²) >= 11 is 0. The van der Waals surface area contributed by atoms with E-state index in [9.17, 15) is 4.79 Å². The molecule has 1 saturated heterocycles. The largest absolute Gasteiger partial charge is 0.367 e. The topological polar surface area (TPSA) is 54.3 Å². The Balaban J connectivity index is 1.32. The molecule has 0 spiro atoms. The van der Waals surface area contributed by atoms with E-state index in [1.165, 1.54) is 11.3 Å². The van der Waals surface area contributed by atoms with E-state index in [-0.39, 0.29) is 5.91 Å². The lowest BCUT2D eigenvalue weighted by Crippen LogP contribution is -2.49. The highest BCUT2D eigenvalue weighted by Crippen LogP contribution is 2.32. The average molecular weight is 426 g/mol. The second kappa shape index (κ2) is 8.46. The van der Waals surface area contributed by atoms with E-state index in [1.807, 2.05) is 49.2 Å². The number of carbonyl (C=O) groups excluding carboxylic acids is 1. The second-order valence-corrected chi connectivity index (χ2v) is 8.39. The third-order valence-electron chi connectivity index (χ3n) is 6.17. The summed E-state index contributed by atoms with van der Waals surface area (Å²) < 4.78 is 1.80. The van der Waals surface area contributed by atoms with Gasteiger partial charge in [0.25, 0.3) is 0 Å². The number of carbonyl (C=O) groups is 1. The van der Waals surface area contributed by atoms with Gasteiger partial charge in [-0.15, -0.1) is 0 Å². The zero-order valence-corrected chi connectivity index (χ0v) is 18.5. The van der Waals surface area contributed by atoms with E-state index >= 15 is 0 Å². The minimum atomic E-state index is 0.128. The van der Waals surface area contributed by atoms with Crippen LogP contribution in [0.25, 0.3) is 22.0 Å². The molecular formula is C26H27N5O. The van der Waals surface area contributed by atoms with Crippen LogP contribution in [0.1, 0.15) is 11.4 Å². The molecule has 2 aromatic heterocycles. The van der Waals surface area contributed by atoms with Crippen LogP contribution in [0.2, 0.25) is 0 Å². The Bertz CT molecular complexity index is 1270. The standard InChI is InChI=1S/C26H27N5O/c1-19-15-20(2)31(28-19)18-26(32)30-13-11-29(12-14-30)25-10-6-4-8-23(25)22-16-21-7-3-5-9-24(21)27-17-22/h3-10,15-17H,11-14,18H2,1-2H3. The van der Waals surface area contributed by atoms with Crippen molar-refractivity contribution in [2.45, 2.75) is 20.4 Å². The molecule has 6 heteroatoms. The van der Waals surface area contributed by atoms with Crippen LogP contribution in [-0.4, -0.2) is 51.8 Å². The second-order valence-electron chi connectivity index (χ2n) is 8.39. The van der Waals surface area contributed by atoms with E-state index < -0.39 is 0 Å². The zero-order chi connectivity index (χ0) is 22.1. The first-order valence-corrected chi connectivity index (χ1v) is 11.1. The Morgan fingerprint density at radius 2 is 1.69 bits per heavy atom. The van der Waals surface area contributed by atoms with Gasteiger partial charge in [-0.05, 0) is 38.1 Å². The molecule has 162 valence electrons. The van der Waals surface area contributed by atoms with Crippen LogP contribution < -0.4 is 4.90 Å². The average Bonchev–Trinajstić information content (AvgIpc) is 3.15. The minimum Gasteiger partial charge on any atom is -0.367 e. The van der Waals surface area contributed by atoms with E-state index in [4.69, 9.17) is 0 Å². The number of aromatic nitrogens is 3. The number of pyridine rings is 1. The summed E-state index contributed by atoms with van der Waals surface area (Å²) in [6.07, 6.45) is 1.95. The SMILES string of the molecule is Cc1cc(C)n(CC(=O)N2CCN(c3ccccc3-c3cnc4ccccc4c3)CC2)n1. The third-order valence-corrected chi connectivity index (χ3v) is 6.17. The van der Waals surface area contributed by atoms with Gasteiger partial charge in [-0.25, -0.2) is 0 Å². The quantitative estimate of drug-likeness (QED) is 0.495. The molecule has 4 aromatic rings. The number of fused-ring (bicyclic) bond motifs is 1. The van der Waals surface area contributed by atoms with Crippen LogP contribution in [0.5, 0.6) is 0 Å². The predicted octanol–water partition coefficient (Wildman–Crippen LogP) is 4.06. The van der Waals surface area contributed by atoms with Crippen LogP contribution in [0.15, 0.2) is 66.9 Å². The molecule has 2 aromatic carbocycles. The van der Waals surface area contributed by atoms with Gasteiger partial charge in [0.15, 0.2) is 0 Å². The van der Waals surface area contributed by atoms with Crippen molar-refractivity contribution >= 4 is 22.5 Å². The van der Waals surface area contributed by atoms with Gasteiger partial charge in [-0.3, -0.25) is 14.5 Å². The van der Waals surface area contributed by atoms with Crippen molar-refractivity contribution in [1.29, 1.82) is 0 Å². The van der Waals surface area contributed by atoms with Gasteiger partial charge >= 0.3 is 0 Å². The summed E-state index contributed by atoms with van der Waals surface area (Å²) in [4.78, 5) is 21.8. The number of rotatable bonds is 4. The number of hydrogen-bond acceptors (Lipinski definition) is 4. The number of nitrogens with zero attached hydrogens (tertiary/aromatic N) is 5. The number of amides is 1. The molecule has 0 radical (unpaired) electrons. The first-order chi connectivity index (χ1) is 15.6. The van der Waals surface area contributed by atoms with Gasteiger partial charge < -0.3 is 9.80 Å². The van der Waals surface area contributed by atoms with Crippen LogP contribution >= 0.6 is 0 Å². The number of piperazine rings is 1. The number of para-hydroxylation sites is 2. The fourth-order valence-corrected chi connectivity index (χ4v) is 4.47. The van der Waals surface area contributed by atoms with Crippen LogP contribution in [0.4, 0.5) is 5.69 Å². The molecule has 0 bridgehead atoms. The number of aryl methyl sites for hydroxylation is 2. The summed E-state index contributed by atoms with van der Waals surface area (Å²) in [5.74, 6) is 0.128. The van der Waals surface area contributed by atoms with Gasteiger partial charge in [-0.2, -0.15) is 5.10 Å². The van der Waals surface area contributed by atoms with E-state index in [2.05, 4.69) is 51.4 Å². The smallest absolute Gasteiger partial charge is 0.244 e. The molecule has 0 aliphatic carbocycles. The molecule has 1 amide bonds. The van der Waals surface area contributed by atoms with E-state index in [1.54, 1.807) is 4.68 Å². The van der Waals surface area contributed by atoms with Crippen molar-refractivity contribution in [1.82, 2.24) is 19.7 Å². The Kier molecular flexibility index (Phi) is 5.35. The highest BCUT2D eigenvalue weighted by Gasteiger charge is 2.23. The Morgan fingerprint density at radius 3 is 2.47 bits per heavy atom. The van der Waals surface area contributed by atoms with Crippen molar-refractivity contribution < 1.29 is 4.79 Å².